The fourth-order valence-electron chi connectivity index (χ4n) is 2.18. The molecule has 0 atom stereocenters. The van der Waals surface area contributed by atoms with Gasteiger partial charge in [-0.3, -0.25) is 4.79 Å². The number of benzene rings is 2. The van der Waals surface area contributed by atoms with E-state index in [-0.39, 0.29) is 17.3 Å². The van der Waals surface area contributed by atoms with Crippen LogP contribution in [0.1, 0.15) is 5.56 Å². The first-order valence-corrected chi connectivity index (χ1v) is 11.0. The van der Waals surface area contributed by atoms with Crippen LogP contribution in [-0.2, 0) is 20.6 Å². The zero-order valence-electron chi connectivity index (χ0n) is 14.4. The second kappa shape index (κ2) is 9.97. The van der Waals surface area contributed by atoms with Gasteiger partial charge < -0.3 is 5.32 Å². The lowest BCUT2D eigenvalue weighted by Crippen LogP contribution is -2.39. The predicted octanol–water partition coefficient (Wildman–Crippen LogP) is 3.01. The van der Waals surface area contributed by atoms with Gasteiger partial charge in [0.05, 0.1) is 11.4 Å². The van der Waals surface area contributed by atoms with E-state index in [2.05, 4.69) is 5.32 Å². The van der Waals surface area contributed by atoms with Crippen LogP contribution in [0.5, 0.6) is 0 Å². The first-order chi connectivity index (χ1) is 12.4. The predicted molar refractivity (Wildman–Crippen MR) is 107 cm³/mol. The van der Waals surface area contributed by atoms with Crippen LogP contribution in [0.2, 0.25) is 5.02 Å². The van der Waals surface area contributed by atoms with Crippen molar-refractivity contribution in [2.75, 3.05) is 25.9 Å². The number of hydrogen-bond acceptors (Lipinski definition) is 4. The number of carbonyl (C=O) groups is 1. The number of halogens is 1. The van der Waals surface area contributed by atoms with Crippen LogP contribution in [0.25, 0.3) is 0 Å². The van der Waals surface area contributed by atoms with Crippen molar-refractivity contribution < 1.29 is 13.2 Å². The van der Waals surface area contributed by atoms with Gasteiger partial charge in [-0.2, -0.15) is 16.1 Å². The van der Waals surface area contributed by atoms with Crippen molar-refractivity contribution in [3.8, 4) is 0 Å². The summed E-state index contributed by atoms with van der Waals surface area (Å²) in [5, 5.41) is 3.47. The molecule has 0 aliphatic heterocycles. The first kappa shape index (κ1) is 20.8. The average Bonchev–Trinajstić information content (AvgIpc) is 2.63. The number of nitrogens with one attached hydrogen (secondary N) is 1. The SMILES string of the molecule is CN(CC(=O)NCCSCc1ccccc1Cl)S(=O)(=O)c1ccccc1. The molecular weight excluding hydrogens is 392 g/mol. The summed E-state index contributed by atoms with van der Waals surface area (Å²) in [5.74, 6) is 1.15. The Kier molecular flexibility index (Phi) is 7.96. The molecule has 0 fully saturated rings. The van der Waals surface area contributed by atoms with Crippen LogP contribution < -0.4 is 5.32 Å². The van der Waals surface area contributed by atoms with Crippen LogP contribution in [0, 0.1) is 0 Å². The highest BCUT2D eigenvalue weighted by Crippen LogP contribution is 2.20. The zero-order chi connectivity index (χ0) is 19.0. The lowest BCUT2D eigenvalue weighted by atomic mass is 10.2. The normalized spacial score (nSPS) is 11.5. The maximum Gasteiger partial charge on any atom is 0.243 e. The minimum absolute atomic E-state index is 0.172. The van der Waals surface area contributed by atoms with Crippen molar-refractivity contribution in [1.29, 1.82) is 0 Å². The Hall–Kier alpha value is -1.54. The first-order valence-electron chi connectivity index (χ1n) is 8.00. The standard InChI is InChI=1S/C18H21ClN2O3S2/c1-21(26(23,24)16-8-3-2-4-9-16)13-18(22)20-11-12-25-14-15-7-5-6-10-17(15)19/h2-10H,11-14H2,1H3,(H,20,22). The molecule has 0 bridgehead atoms. The van der Waals surface area contributed by atoms with E-state index < -0.39 is 10.0 Å². The molecule has 0 aliphatic rings. The Labute approximate surface area is 163 Å². The third-order valence-corrected chi connectivity index (χ3v) is 6.80. The average molecular weight is 413 g/mol. The summed E-state index contributed by atoms with van der Waals surface area (Å²) in [4.78, 5) is 12.1. The van der Waals surface area contributed by atoms with Crippen LogP contribution in [-0.4, -0.2) is 44.5 Å². The Bertz CT molecular complexity index is 829. The summed E-state index contributed by atoms with van der Waals surface area (Å²) < 4.78 is 25.8. The number of sulfonamides is 1. The number of likely N-dealkylation sites (N-methyl/N-ethyl adjacent to an activating group) is 1. The summed E-state index contributed by atoms with van der Waals surface area (Å²) in [5.41, 5.74) is 1.05. The summed E-state index contributed by atoms with van der Waals surface area (Å²) in [6.45, 7) is 0.250. The molecule has 1 amide bonds. The highest BCUT2D eigenvalue weighted by atomic mass is 35.5. The monoisotopic (exact) mass is 412 g/mol. The number of amides is 1. The van der Waals surface area contributed by atoms with Crippen molar-refractivity contribution in [1.82, 2.24) is 9.62 Å². The van der Waals surface area contributed by atoms with Crippen molar-refractivity contribution in [2.24, 2.45) is 0 Å². The molecule has 0 unspecified atom stereocenters. The van der Waals surface area contributed by atoms with Crippen molar-refractivity contribution >= 4 is 39.3 Å². The number of rotatable bonds is 9. The molecule has 0 saturated carbocycles. The quantitative estimate of drug-likeness (QED) is 0.643. The van der Waals surface area contributed by atoms with Gasteiger partial charge in [0.15, 0.2) is 0 Å². The Morgan fingerprint density at radius 1 is 1.12 bits per heavy atom. The smallest absolute Gasteiger partial charge is 0.243 e. The van der Waals surface area contributed by atoms with E-state index in [1.165, 1.54) is 19.2 Å². The lowest BCUT2D eigenvalue weighted by Gasteiger charge is -2.16. The zero-order valence-corrected chi connectivity index (χ0v) is 16.8. The van der Waals surface area contributed by atoms with Crippen LogP contribution in [0.4, 0.5) is 0 Å². The fraction of sp³-hybridized carbons (Fsp3) is 0.278. The third kappa shape index (κ3) is 6.02. The molecule has 5 nitrogen and oxygen atoms in total. The van der Waals surface area contributed by atoms with Gasteiger partial charge in [-0.15, -0.1) is 0 Å². The highest BCUT2D eigenvalue weighted by Gasteiger charge is 2.22. The molecule has 0 aliphatic carbocycles. The van der Waals surface area contributed by atoms with Gasteiger partial charge in [-0.1, -0.05) is 48.0 Å². The molecular formula is C18H21ClN2O3S2. The van der Waals surface area contributed by atoms with Gasteiger partial charge in [0.25, 0.3) is 0 Å². The van der Waals surface area contributed by atoms with Crippen LogP contribution in [0.3, 0.4) is 0 Å². The van der Waals surface area contributed by atoms with Crippen molar-refractivity contribution in [2.45, 2.75) is 10.6 Å². The third-order valence-electron chi connectivity index (χ3n) is 3.60. The molecule has 2 rings (SSSR count). The van der Waals surface area contributed by atoms with Crippen LogP contribution in [0.15, 0.2) is 59.5 Å². The molecule has 26 heavy (non-hydrogen) atoms. The van der Waals surface area contributed by atoms with Gasteiger partial charge in [0.1, 0.15) is 0 Å². The molecule has 2 aromatic carbocycles. The Morgan fingerprint density at radius 2 is 1.77 bits per heavy atom. The molecule has 1 N–H and O–H groups in total. The summed E-state index contributed by atoms with van der Waals surface area (Å²) in [6.07, 6.45) is 0. The van der Waals surface area contributed by atoms with E-state index in [9.17, 15) is 13.2 Å². The van der Waals surface area contributed by atoms with Crippen molar-refractivity contribution in [3.05, 3.63) is 65.2 Å². The minimum Gasteiger partial charge on any atom is -0.354 e. The van der Waals surface area contributed by atoms with Gasteiger partial charge in [-0.25, -0.2) is 8.42 Å². The summed E-state index contributed by atoms with van der Waals surface area (Å²) in [6, 6.07) is 15.7. The maximum atomic E-state index is 12.4. The Morgan fingerprint density at radius 3 is 2.46 bits per heavy atom. The van der Waals surface area contributed by atoms with Crippen LogP contribution >= 0.6 is 23.4 Å². The number of hydrogen-bond donors (Lipinski definition) is 1. The Balaban J connectivity index is 1.72. The molecule has 0 spiro atoms. The molecule has 0 saturated heterocycles. The van der Waals surface area contributed by atoms with Gasteiger partial charge >= 0.3 is 0 Å². The molecule has 2 aromatic rings. The largest absolute Gasteiger partial charge is 0.354 e. The number of nitrogens with zero attached hydrogens (tertiary/aromatic N) is 1. The van der Waals surface area contributed by atoms with E-state index in [0.29, 0.717) is 12.3 Å². The minimum atomic E-state index is -3.66. The van der Waals surface area contributed by atoms with E-state index in [1.807, 2.05) is 24.3 Å². The maximum absolute atomic E-state index is 12.4. The number of thioether (sulfide) groups is 1. The summed E-state index contributed by atoms with van der Waals surface area (Å²) >= 11 is 7.75. The van der Waals surface area contributed by atoms with E-state index in [0.717, 1.165) is 20.6 Å². The highest BCUT2D eigenvalue weighted by molar-refractivity contribution is 7.98. The second-order valence-corrected chi connectivity index (χ2v) is 9.13. The lowest BCUT2D eigenvalue weighted by molar-refractivity contribution is -0.121. The van der Waals surface area contributed by atoms with E-state index in [4.69, 9.17) is 11.6 Å². The second-order valence-electron chi connectivity index (χ2n) is 5.57. The van der Waals surface area contributed by atoms with Crippen molar-refractivity contribution in [3.63, 3.8) is 0 Å². The molecule has 0 heterocycles. The molecule has 8 heteroatoms. The topological polar surface area (TPSA) is 66.5 Å². The fourth-order valence-corrected chi connectivity index (χ4v) is 4.47. The number of carbonyl (C=O) groups excluding carboxylic acids is 1. The van der Waals surface area contributed by atoms with Gasteiger partial charge in [0, 0.05) is 30.1 Å². The molecule has 140 valence electrons. The van der Waals surface area contributed by atoms with Gasteiger partial charge in [0.2, 0.25) is 15.9 Å². The van der Waals surface area contributed by atoms with E-state index >= 15 is 0 Å². The summed E-state index contributed by atoms with van der Waals surface area (Å²) in [7, 11) is -2.26. The molecule has 0 radical (unpaired) electrons. The molecule has 0 aromatic heterocycles. The van der Waals surface area contributed by atoms with E-state index in [1.54, 1.807) is 30.0 Å². The van der Waals surface area contributed by atoms with Gasteiger partial charge in [-0.05, 0) is 23.8 Å².